The minimum absolute atomic E-state index is 0.0944. The quantitative estimate of drug-likeness (QED) is 0.731. The predicted octanol–water partition coefficient (Wildman–Crippen LogP) is 0.278. The molecule has 0 bridgehead atoms. The van der Waals surface area contributed by atoms with Gasteiger partial charge < -0.3 is 9.88 Å². The van der Waals surface area contributed by atoms with E-state index in [1.165, 1.54) is 10.6 Å². The first-order valence-electron chi connectivity index (χ1n) is 4.64. The van der Waals surface area contributed by atoms with E-state index in [1.807, 2.05) is 0 Å². The minimum atomic E-state index is -0.104. The SMILES string of the molecule is Cn1cc(C(=O)NC2CC2)ccc1=O. The highest BCUT2D eigenvalue weighted by molar-refractivity contribution is 5.94. The summed E-state index contributed by atoms with van der Waals surface area (Å²) in [6.45, 7) is 0. The molecule has 0 unspecified atom stereocenters. The summed E-state index contributed by atoms with van der Waals surface area (Å²) in [5, 5.41) is 2.86. The largest absolute Gasteiger partial charge is 0.349 e. The number of aromatic nitrogens is 1. The third-order valence-corrected chi connectivity index (χ3v) is 2.26. The Balaban J connectivity index is 2.18. The molecule has 0 atom stereocenters. The molecule has 1 fully saturated rings. The fourth-order valence-electron chi connectivity index (χ4n) is 1.22. The van der Waals surface area contributed by atoms with Crippen LogP contribution in [0.5, 0.6) is 0 Å². The zero-order valence-corrected chi connectivity index (χ0v) is 7.99. The average Bonchev–Trinajstić information content (AvgIpc) is 2.93. The highest BCUT2D eigenvalue weighted by atomic mass is 16.2. The van der Waals surface area contributed by atoms with Crippen molar-refractivity contribution in [3.8, 4) is 0 Å². The number of nitrogens with zero attached hydrogens (tertiary/aromatic N) is 1. The van der Waals surface area contributed by atoms with Gasteiger partial charge in [0.2, 0.25) is 5.56 Å². The Morgan fingerprint density at radius 3 is 2.79 bits per heavy atom. The summed E-state index contributed by atoms with van der Waals surface area (Å²) in [6, 6.07) is 3.31. The second kappa shape index (κ2) is 3.29. The van der Waals surface area contributed by atoms with Crippen molar-refractivity contribution in [3.63, 3.8) is 0 Å². The summed E-state index contributed by atoms with van der Waals surface area (Å²) < 4.78 is 1.40. The Kier molecular flexibility index (Phi) is 2.11. The van der Waals surface area contributed by atoms with Crippen molar-refractivity contribution in [2.45, 2.75) is 18.9 Å². The molecule has 14 heavy (non-hydrogen) atoms. The molecular weight excluding hydrogens is 180 g/mol. The van der Waals surface area contributed by atoms with Crippen LogP contribution in [-0.2, 0) is 7.05 Å². The van der Waals surface area contributed by atoms with Crippen LogP contribution >= 0.6 is 0 Å². The Hall–Kier alpha value is -1.58. The maximum Gasteiger partial charge on any atom is 0.252 e. The molecule has 4 nitrogen and oxygen atoms in total. The molecule has 0 aliphatic heterocycles. The maximum absolute atomic E-state index is 11.5. The van der Waals surface area contributed by atoms with Gasteiger partial charge in [0, 0.05) is 25.4 Å². The van der Waals surface area contributed by atoms with Crippen molar-refractivity contribution in [2.24, 2.45) is 7.05 Å². The zero-order chi connectivity index (χ0) is 10.1. The van der Waals surface area contributed by atoms with Gasteiger partial charge in [-0.15, -0.1) is 0 Å². The number of rotatable bonds is 2. The molecule has 1 aromatic heterocycles. The normalized spacial score (nSPS) is 15.2. The van der Waals surface area contributed by atoms with Crippen LogP contribution in [0, 0.1) is 0 Å². The smallest absolute Gasteiger partial charge is 0.252 e. The van der Waals surface area contributed by atoms with Gasteiger partial charge in [0.05, 0.1) is 5.56 Å². The molecule has 1 aromatic rings. The van der Waals surface area contributed by atoms with Gasteiger partial charge in [0.15, 0.2) is 0 Å². The fraction of sp³-hybridized carbons (Fsp3) is 0.400. The van der Waals surface area contributed by atoms with Crippen LogP contribution in [0.3, 0.4) is 0 Å². The van der Waals surface area contributed by atoms with E-state index in [0.29, 0.717) is 11.6 Å². The first kappa shape index (κ1) is 8.99. The van der Waals surface area contributed by atoms with Crippen LogP contribution in [-0.4, -0.2) is 16.5 Å². The fourth-order valence-corrected chi connectivity index (χ4v) is 1.22. The van der Waals surface area contributed by atoms with Crippen LogP contribution < -0.4 is 10.9 Å². The van der Waals surface area contributed by atoms with Gasteiger partial charge in [0.1, 0.15) is 0 Å². The van der Waals surface area contributed by atoms with Gasteiger partial charge in [-0.25, -0.2) is 0 Å². The second-order valence-corrected chi connectivity index (χ2v) is 3.61. The molecule has 2 rings (SSSR count). The topological polar surface area (TPSA) is 51.1 Å². The lowest BCUT2D eigenvalue weighted by Crippen LogP contribution is -2.27. The molecule has 1 aliphatic carbocycles. The zero-order valence-electron chi connectivity index (χ0n) is 7.99. The second-order valence-electron chi connectivity index (χ2n) is 3.61. The lowest BCUT2D eigenvalue weighted by Gasteiger charge is -2.04. The van der Waals surface area contributed by atoms with Gasteiger partial charge in [-0.2, -0.15) is 0 Å². The summed E-state index contributed by atoms with van der Waals surface area (Å²) in [4.78, 5) is 22.6. The number of hydrogen-bond donors (Lipinski definition) is 1. The Morgan fingerprint density at radius 1 is 1.50 bits per heavy atom. The number of nitrogens with one attached hydrogen (secondary N) is 1. The van der Waals surface area contributed by atoms with Crippen molar-refractivity contribution in [1.29, 1.82) is 0 Å². The number of pyridine rings is 1. The van der Waals surface area contributed by atoms with Crippen molar-refractivity contribution in [1.82, 2.24) is 9.88 Å². The lowest BCUT2D eigenvalue weighted by atomic mass is 10.2. The van der Waals surface area contributed by atoms with Crippen molar-refractivity contribution < 1.29 is 4.79 Å². The molecule has 1 heterocycles. The molecule has 1 N–H and O–H groups in total. The molecule has 1 saturated carbocycles. The molecule has 0 radical (unpaired) electrons. The summed E-state index contributed by atoms with van der Waals surface area (Å²) >= 11 is 0. The van der Waals surface area contributed by atoms with Crippen LogP contribution in [0.2, 0.25) is 0 Å². The predicted molar refractivity (Wildman–Crippen MR) is 52.2 cm³/mol. The van der Waals surface area contributed by atoms with Gasteiger partial charge in [-0.1, -0.05) is 0 Å². The van der Waals surface area contributed by atoms with Crippen LogP contribution in [0.1, 0.15) is 23.2 Å². The highest BCUT2D eigenvalue weighted by Crippen LogP contribution is 2.19. The highest BCUT2D eigenvalue weighted by Gasteiger charge is 2.23. The average molecular weight is 192 g/mol. The molecule has 1 amide bonds. The Bertz CT molecular complexity index is 418. The van der Waals surface area contributed by atoms with Crippen LogP contribution in [0.25, 0.3) is 0 Å². The van der Waals surface area contributed by atoms with E-state index in [1.54, 1.807) is 19.3 Å². The van der Waals surface area contributed by atoms with Gasteiger partial charge in [-0.05, 0) is 18.9 Å². The number of amides is 1. The van der Waals surface area contributed by atoms with E-state index in [2.05, 4.69) is 5.32 Å². The van der Waals surface area contributed by atoms with Crippen LogP contribution in [0.15, 0.2) is 23.1 Å². The van der Waals surface area contributed by atoms with Crippen molar-refractivity contribution in [3.05, 3.63) is 34.2 Å². The lowest BCUT2D eigenvalue weighted by molar-refractivity contribution is 0.0950. The molecule has 0 spiro atoms. The van der Waals surface area contributed by atoms with E-state index < -0.39 is 0 Å². The van der Waals surface area contributed by atoms with Gasteiger partial charge in [0.25, 0.3) is 5.91 Å². The first-order chi connectivity index (χ1) is 6.66. The summed E-state index contributed by atoms with van der Waals surface area (Å²) in [7, 11) is 1.64. The Morgan fingerprint density at radius 2 is 2.21 bits per heavy atom. The van der Waals surface area contributed by atoms with E-state index in [-0.39, 0.29) is 11.5 Å². The van der Waals surface area contributed by atoms with E-state index in [9.17, 15) is 9.59 Å². The minimum Gasteiger partial charge on any atom is -0.349 e. The summed E-state index contributed by atoms with van der Waals surface area (Å²) in [6.07, 6.45) is 3.69. The number of hydrogen-bond acceptors (Lipinski definition) is 2. The van der Waals surface area contributed by atoms with E-state index in [4.69, 9.17) is 0 Å². The number of carbonyl (C=O) groups excluding carboxylic acids is 1. The molecule has 0 aromatic carbocycles. The Labute approximate surface area is 81.6 Å². The van der Waals surface area contributed by atoms with Crippen LogP contribution in [0.4, 0.5) is 0 Å². The molecule has 0 saturated heterocycles. The van der Waals surface area contributed by atoms with E-state index in [0.717, 1.165) is 12.8 Å². The van der Waals surface area contributed by atoms with Gasteiger partial charge in [-0.3, -0.25) is 9.59 Å². The summed E-state index contributed by atoms with van der Waals surface area (Å²) in [5.74, 6) is -0.0944. The van der Waals surface area contributed by atoms with E-state index >= 15 is 0 Å². The van der Waals surface area contributed by atoms with Crippen molar-refractivity contribution >= 4 is 5.91 Å². The first-order valence-corrected chi connectivity index (χ1v) is 4.64. The van der Waals surface area contributed by atoms with Crippen molar-refractivity contribution in [2.75, 3.05) is 0 Å². The number of aryl methyl sites for hydroxylation is 1. The molecular formula is C10H12N2O2. The van der Waals surface area contributed by atoms with Gasteiger partial charge >= 0.3 is 0 Å². The third-order valence-electron chi connectivity index (χ3n) is 2.26. The number of carbonyl (C=O) groups is 1. The molecule has 74 valence electrons. The standard InChI is InChI=1S/C10H12N2O2/c1-12-6-7(2-5-9(12)13)10(14)11-8-3-4-8/h2,5-6,8H,3-4H2,1H3,(H,11,14). The third kappa shape index (κ3) is 1.84. The molecule has 1 aliphatic rings. The maximum atomic E-state index is 11.5. The monoisotopic (exact) mass is 192 g/mol. The summed E-state index contributed by atoms with van der Waals surface area (Å²) in [5.41, 5.74) is 0.437. The molecule has 4 heteroatoms.